The number of nitrogens with one attached hydrogen (secondary N) is 1. The third kappa shape index (κ3) is 3.72. The molecule has 0 saturated carbocycles. The largest absolute Gasteiger partial charge is 0.481 e. The molecule has 0 amide bonds. The maximum atomic E-state index is 8.57. The zero-order valence-corrected chi connectivity index (χ0v) is 8.36. The van der Waals surface area contributed by atoms with E-state index < -0.39 is 0 Å². The number of pyridine rings is 1. The molecule has 0 bridgehead atoms. The van der Waals surface area contributed by atoms with Crippen molar-refractivity contribution in [2.24, 2.45) is 0 Å². The van der Waals surface area contributed by atoms with E-state index in [0.717, 1.165) is 18.7 Å². The maximum Gasteiger partial charge on any atom is 0.213 e. The minimum absolute atomic E-state index is 0.221. The first kappa shape index (κ1) is 10.9. The number of hydrogen-bond donors (Lipinski definition) is 2. The van der Waals surface area contributed by atoms with Crippen LogP contribution in [0.4, 0.5) is 0 Å². The fourth-order valence-electron chi connectivity index (χ4n) is 1.09. The Kier molecular flexibility index (Phi) is 4.96. The van der Waals surface area contributed by atoms with Gasteiger partial charge in [-0.1, -0.05) is 6.07 Å². The van der Waals surface area contributed by atoms with E-state index in [1.165, 1.54) is 0 Å². The molecule has 0 unspecified atom stereocenters. The van der Waals surface area contributed by atoms with E-state index in [4.69, 9.17) is 9.84 Å². The van der Waals surface area contributed by atoms with Crippen molar-refractivity contribution in [1.82, 2.24) is 10.3 Å². The van der Waals surface area contributed by atoms with Gasteiger partial charge in [-0.05, 0) is 19.0 Å². The summed E-state index contributed by atoms with van der Waals surface area (Å²) in [7, 11) is 1.60. The fraction of sp³-hybridized carbons (Fsp3) is 0.500. The molecule has 4 nitrogen and oxygen atoms in total. The summed E-state index contributed by atoms with van der Waals surface area (Å²) in [6.07, 6.45) is 0.768. The molecule has 2 N–H and O–H groups in total. The van der Waals surface area contributed by atoms with Crippen LogP contribution in [0.15, 0.2) is 18.2 Å². The van der Waals surface area contributed by atoms with Gasteiger partial charge in [0, 0.05) is 19.2 Å². The second kappa shape index (κ2) is 6.34. The Morgan fingerprint density at radius 1 is 1.50 bits per heavy atom. The van der Waals surface area contributed by atoms with Crippen LogP contribution in [-0.2, 0) is 6.54 Å². The quantitative estimate of drug-likeness (QED) is 0.653. The summed E-state index contributed by atoms with van der Waals surface area (Å²) in [5.41, 5.74) is 0.947. The van der Waals surface area contributed by atoms with Crippen molar-refractivity contribution < 1.29 is 9.84 Å². The van der Waals surface area contributed by atoms with Crippen molar-refractivity contribution in [3.05, 3.63) is 23.9 Å². The second-order valence-electron chi connectivity index (χ2n) is 2.93. The predicted octanol–water partition coefficient (Wildman–Crippen LogP) is 0.562. The molecular weight excluding hydrogens is 180 g/mol. The van der Waals surface area contributed by atoms with Crippen LogP contribution in [0.25, 0.3) is 0 Å². The highest BCUT2D eigenvalue weighted by atomic mass is 16.5. The van der Waals surface area contributed by atoms with Crippen molar-refractivity contribution >= 4 is 0 Å². The highest BCUT2D eigenvalue weighted by molar-refractivity contribution is 5.15. The first-order chi connectivity index (χ1) is 6.86. The van der Waals surface area contributed by atoms with E-state index in [-0.39, 0.29) is 6.61 Å². The molecule has 0 aliphatic rings. The number of aliphatic hydroxyl groups is 1. The molecule has 0 aliphatic heterocycles. The molecule has 0 fully saturated rings. The lowest BCUT2D eigenvalue weighted by Crippen LogP contribution is -2.16. The van der Waals surface area contributed by atoms with E-state index in [1.807, 2.05) is 18.2 Å². The van der Waals surface area contributed by atoms with Gasteiger partial charge in [-0.3, -0.25) is 0 Å². The first-order valence-electron chi connectivity index (χ1n) is 4.68. The second-order valence-corrected chi connectivity index (χ2v) is 2.93. The summed E-state index contributed by atoms with van der Waals surface area (Å²) in [4.78, 5) is 4.24. The molecule has 0 saturated heterocycles. The Morgan fingerprint density at radius 2 is 2.36 bits per heavy atom. The molecule has 1 rings (SSSR count). The summed E-state index contributed by atoms with van der Waals surface area (Å²) >= 11 is 0. The molecule has 0 atom stereocenters. The van der Waals surface area contributed by atoms with Gasteiger partial charge in [-0.2, -0.15) is 0 Å². The van der Waals surface area contributed by atoms with Crippen LogP contribution in [0.2, 0.25) is 0 Å². The third-order valence-corrected chi connectivity index (χ3v) is 1.81. The number of methoxy groups -OCH3 is 1. The molecule has 0 spiro atoms. The molecule has 1 aromatic rings. The molecule has 0 aliphatic carbocycles. The van der Waals surface area contributed by atoms with Crippen molar-refractivity contribution in [3.63, 3.8) is 0 Å². The Hall–Kier alpha value is -1.13. The zero-order chi connectivity index (χ0) is 10.2. The molecule has 1 aromatic heterocycles. The van der Waals surface area contributed by atoms with Crippen molar-refractivity contribution in [2.45, 2.75) is 13.0 Å². The Morgan fingerprint density at radius 3 is 3.07 bits per heavy atom. The van der Waals surface area contributed by atoms with Crippen molar-refractivity contribution in [1.29, 1.82) is 0 Å². The minimum atomic E-state index is 0.221. The molecular formula is C10H16N2O2. The number of rotatable bonds is 6. The van der Waals surface area contributed by atoms with E-state index in [2.05, 4.69) is 10.3 Å². The molecule has 14 heavy (non-hydrogen) atoms. The standard InChI is InChI=1S/C10H16N2O2/c1-14-10-5-2-4-9(12-10)8-11-6-3-7-13/h2,4-5,11,13H,3,6-8H2,1H3. The van der Waals surface area contributed by atoms with Crippen LogP contribution < -0.4 is 10.1 Å². The van der Waals surface area contributed by atoms with Gasteiger partial charge in [0.15, 0.2) is 0 Å². The van der Waals surface area contributed by atoms with Gasteiger partial charge < -0.3 is 15.2 Å². The van der Waals surface area contributed by atoms with Crippen molar-refractivity contribution in [2.75, 3.05) is 20.3 Å². The number of aromatic nitrogens is 1. The summed E-state index contributed by atoms with van der Waals surface area (Å²) in [6.45, 7) is 1.73. The Labute approximate surface area is 83.9 Å². The lowest BCUT2D eigenvalue weighted by atomic mass is 10.3. The smallest absolute Gasteiger partial charge is 0.213 e. The van der Waals surface area contributed by atoms with Gasteiger partial charge in [-0.15, -0.1) is 0 Å². The predicted molar refractivity (Wildman–Crippen MR) is 54.2 cm³/mol. The molecule has 0 radical (unpaired) electrons. The number of nitrogens with zero attached hydrogens (tertiary/aromatic N) is 1. The topological polar surface area (TPSA) is 54.4 Å². The van der Waals surface area contributed by atoms with Crippen LogP contribution in [0.3, 0.4) is 0 Å². The van der Waals surface area contributed by atoms with Crippen molar-refractivity contribution in [3.8, 4) is 5.88 Å². The van der Waals surface area contributed by atoms with E-state index in [9.17, 15) is 0 Å². The number of ether oxygens (including phenoxy) is 1. The Balaban J connectivity index is 2.34. The molecule has 1 heterocycles. The molecule has 4 heteroatoms. The monoisotopic (exact) mass is 196 g/mol. The van der Waals surface area contributed by atoms with E-state index in [0.29, 0.717) is 12.4 Å². The Bertz CT molecular complexity index is 266. The minimum Gasteiger partial charge on any atom is -0.481 e. The van der Waals surface area contributed by atoms with E-state index >= 15 is 0 Å². The van der Waals surface area contributed by atoms with Gasteiger partial charge in [0.1, 0.15) is 0 Å². The highest BCUT2D eigenvalue weighted by Gasteiger charge is 1.96. The average molecular weight is 196 g/mol. The van der Waals surface area contributed by atoms with Gasteiger partial charge in [0.25, 0.3) is 0 Å². The van der Waals surface area contributed by atoms with Gasteiger partial charge >= 0.3 is 0 Å². The maximum absolute atomic E-state index is 8.57. The molecule has 78 valence electrons. The van der Waals surface area contributed by atoms with Crippen LogP contribution in [0.5, 0.6) is 5.88 Å². The van der Waals surface area contributed by atoms with Gasteiger partial charge in [-0.25, -0.2) is 4.98 Å². The van der Waals surface area contributed by atoms with Gasteiger partial charge in [0.05, 0.1) is 12.8 Å². The van der Waals surface area contributed by atoms with Crippen LogP contribution in [-0.4, -0.2) is 30.4 Å². The first-order valence-corrected chi connectivity index (χ1v) is 4.68. The fourth-order valence-corrected chi connectivity index (χ4v) is 1.09. The normalized spacial score (nSPS) is 10.1. The zero-order valence-electron chi connectivity index (χ0n) is 8.36. The highest BCUT2D eigenvalue weighted by Crippen LogP contribution is 2.05. The summed E-state index contributed by atoms with van der Waals surface area (Å²) in [5.74, 6) is 0.631. The molecule has 0 aromatic carbocycles. The van der Waals surface area contributed by atoms with Gasteiger partial charge in [0.2, 0.25) is 5.88 Å². The third-order valence-electron chi connectivity index (χ3n) is 1.81. The summed E-state index contributed by atoms with van der Waals surface area (Å²) < 4.78 is 5.00. The SMILES string of the molecule is COc1cccc(CNCCCO)n1. The summed E-state index contributed by atoms with van der Waals surface area (Å²) in [5, 5.41) is 11.7. The average Bonchev–Trinajstić information content (AvgIpc) is 2.25. The van der Waals surface area contributed by atoms with E-state index in [1.54, 1.807) is 7.11 Å². The van der Waals surface area contributed by atoms with Crippen LogP contribution in [0, 0.1) is 0 Å². The summed E-state index contributed by atoms with van der Waals surface area (Å²) in [6, 6.07) is 5.67. The lowest BCUT2D eigenvalue weighted by molar-refractivity contribution is 0.286. The van der Waals surface area contributed by atoms with Crippen LogP contribution >= 0.6 is 0 Å². The number of hydrogen-bond acceptors (Lipinski definition) is 4. The van der Waals surface area contributed by atoms with Crippen LogP contribution in [0.1, 0.15) is 12.1 Å². The number of aliphatic hydroxyl groups excluding tert-OH is 1. The lowest BCUT2D eigenvalue weighted by Gasteiger charge is -2.04.